The number of methoxy groups -OCH3 is 1. The van der Waals surface area contributed by atoms with Gasteiger partial charge in [0.15, 0.2) is 0 Å². The van der Waals surface area contributed by atoms with E-state index in [1.54, 1.807) is 20.8 Å². The number of aryl methyl sites for hydroxylation is 1. The Hall–Kier alpha value is -4.44. The van der Waals surface area contributed by atoms with Gasteiger partial charge in [0, 0.05) is 17.8 Å². The number of carbonyl (C=O) groups is 3. The van der Waals surface area contributed by atoms with E-state index in [2.05, 4.69) is 20.9 Å². The molecule has 10 heteroatoms. The molecule has 4 atom stereocenters. The fourth-order valence-corrected chi connectivity index (χ4v) is 5.13. The number of alkyl carbamates (subject to hydrolysis) is 2. The fraction of sp³-hybridized carbons (Fsp3) is 0.459. The van der Waals surface area contributed by atoms with Crippen LogP contribution in [0.5, 0.6) is 0 Å². The molecular weight excluding hydrogens is 596 g/mol. The lowest BCUT2D eigenvalue weighted by Crippen LogP contribution is -2.56. The molecule has 0 bridgehead atoms. The first kappa shape index (κ1) is 37.0. The molecule has 0 saturated carbocycles. The number of pyridine rings is 1. The second kappa shape index (κ2) is 16.4. The van der Waals surface area contributed by atoms with E-state index in [4.69, 9.17) is 9.47 Å². The highest BCUT2D eigenvalue weighted by Crippen LogP contribution is 2.23. The van der Waals surface area contributed by atoms with E-state index >= 15 is 0 Å². The van der Waals surface area contributed by atoms with Crippen LogP contribution in [0.3, 0.4) is 0 Å². The van der Waals surface area contributed by atoms with E-state index in [9.17, 15) is 19.5 Å². The van der Waals surface area contributed by atoms with Crippen LogP contribution in [0.4, 0.5) is 9.59 Å². The predicted molar refractivity (Wildman–Crippen MR) is 183 cm³/mol. The lowest BCUT2D eigenvalue weighted by Gasteiger charge is -2.33. The Morgan fingerprint density at radius 1 is 0.809 bits per heavy atom. The van der Waals surface area contributed by atoms with Crippen LogP contribution in [-0.4, -0.2) is 65.1 Å². The van der Waals surface area contributed by atoms with Crippen molar-refractivity contribution in [1.29, 1.82) is 0 Å². The number of aromatic nitrogens is 1. The molecule has 0 saturated heterocycles. The maximum absolute atomic E-state index is 13.7. The van der Waals surface area contributed by atoms with Crippen LogP contribution in [0.1, 0.15) is 64.7 Å². The molecular formula is C37H50N4O6. The Morgan fingerprint density at radius 2 is 1.45 bits per heavy atom. The Labute approximate surface area is 278 Å². The van der Waals surface area contributed by atoms with Crippen LogP contribution >= 0.6 is 0 Å². The van der Waals surface area contributed by atoms with E-state index in [1.165, 1.54) is 7.11 Å². The van der Waals surface area contributed by atoms with Crippen molar-refractivity contribution < 1.29 is 29.0 Å². The lowest BCUT2D eigenvalue weighted by molar-refractivity contribution is -0.126. The molecule has 1 aromatic heterocycles. The highest BCUT2D eigenvalue weighted by atomic mass is 16.6. The zero-order chi connectivity index (χ0) is 34.8. The summed E-state index contributed by atoms with van der Waals surface area (Å²) in [4.78, 5) is 43.2. The summed E-state index contributed by atoms with van der Waals surface area (Å²) in [6, 6.07) is 19.2. The summed E-state index contributed by atoms with van der Waals surface area (Å²) in [7, 11) is 1.24. The molecule has 0 aliphatic carbocycles. The highest BCUT2D eigenvalue weighted by Gasteiger charge is 2.35. The first-order valence-electron chi connectivity index (χ1n) is 15.9. The lowest BCUT2D eigenvalue weighted by atomic mass is 9.85. The number of nitrogens with zero attached hydrogens (tertiary/aromatic N) is 1. The van der Waals surface area contributed by atoms with E-state index in [0.29, 0.717) is 12.8 Å². The van der Waals surface area contributed by atoms with Crippen molar-refractivity contribution in [1.82, 2.24) is 20.9 Å². The normalized spacial score (nSPS) is 14.2. The quantitative estimate of drug-likeness (QED) is 0.197. The van der Waals surface area contributed by atoms with E-state index in [-0.39, 0.29) is 6.42 Å². The van der Waals surface area contributed by atoms with Gasteiger partial charge in [0.25, 0.3) is 0 Å². The minimum Gasteiger partial charge on any atom is -0.453 e. The first-order valence-corrected chi connectivity index (χ1v) is 15.9. The SMILES string of the molecule is COC(=O)N[C@H](C(=O)N[C@@H](Cc1ccc(-c2ccc(C)cn2)cc1)C[C@H](O)[C@H](Cc1ccccc1)NC(=O)OC(C)(C)C)C(C)(C)C. The first-order chi connectivity index (χ1) is 22.0. The number of benzene rings is 2. The molecule has 254 valence electrons. The number of amides is 3. The van der Waals surface area contributed by atoms with Crippen LogP contribution in [0.15, 0.2) is 72.9 Å². The van der Waals surface area contributed by atoms with Crippen LogP contribution in [-0.2, 0) is 27.1 Å². The number of hydrogen-bond acceptors (Lipinski definition) is 7. The van der Waals surface area contributed by atoms with Gasteiger partial charge >= 0.3 is 12.2 Å². The zero-order valence-corrected chi connectivity index (χ0v) is 28.8. The number of ether oxygens (including phenoxy) is 2. The Kier molecular flexibility index (Phi) is 12.9. The van der Waals surface area contributed by atoms with Gasteiger partial charge in [0.05, 0.1) is 24.9 Å². The van der Waals surface area contributed by atoms with Gasteiger partial charge in [-0.2, -0.15) is 0 Å². The average molecular weight is 647 g/mol. The van der Waals surface area contributed by atoms with Crippen LogP contribution in [0.2, 0.25) is 0 Å². The molecule has 10 nitrogen and oxygen atoms in total. The van der Waals surface area contributed by atoms with Gasteiger partial charge in [-0.3, -0.25) is 9.78 Å². The Balaban J connectivity index is 1.90. The summed E-state index contributed by atoms with van der Waals surface area (Å²) in [6.07, 6.45) is 0.218. The summed E-state index contributed by atoms with van der Waals surface area (Å²) >= 11 is 0. The summed E-state index contributed by atoms with van der Waals surface area (Å²) < 4.78 is 10.3. The maximum Gasteiger partial charge on any atom is 0.407 e. The standard InChI is InChI=1S/C37H50N4O6/c1-24-14-19-29(38-23-24)27-17-15-26(16-18-27)20-28(39-33(43)32(36(2,3)4)41-34(44)46-8)22-31(42)30(21-25-12-10-9-11-13-25)40-35(45)47-37(5,6)7/h9-19,23,28,30-32,42H,20-22H2,1-8H3,(H,39,43)(H,40,45)(H,41,44)/t28-,30-,31-,32+/m0/s1. The van der Waals surface area contributed by atoms with Crippen molar-refractivity contribution >= 4 is 18.1 Å². The smallest absolute Gasteiger partial charge is 0.407 e. The second-order valence-electron chi connectivity index (χ2n) is 14.0. The molecule has 1 heterocycles. The monoisotopic (exact) mass is 646 g/mol. The van der Waals surface area contributed by atoms with Crippen molar-refractivity contribution in [2.24, 2.45) is 5.41 Å². The molecule has 4 N–H and O–H groups in total. The number of hydrogen-bond donors (Lipinski definition) is 4. The molecule has 3 amide bonds. The fourth-order valence-electron chi connectivity index (χ4n) is 5.13. The summed E-state index contributed by atoms with van der Waals surface area (Å²) in [5.41, 5.74) is 3.35. The van der Waals surface area contributed by atoms with E-state index < -0.39 is 53.3 Å². The van der Waals surface area contributed by atoms with Gasteiger partial charge in [-0.15, -0.1) is 0 Å². The molecule has 0 radical (unpaired) electrons. The van der Waals surface area contributed by atoms with Crippen LogP contribution in [0.25, 0.3) is 11.3 Å². The van der Waals surface area contributed by atoms with Crippen LogP contribution in [0, 0.1) is 12.3 Å². The minimum atomic E-state index is -1.06. The molecule has 0 spiro atoms. The molecule has 3 rings (SSSR count). The van der Waals surface area contributed by atoms with Gasteiger partial charge in [-0.1, -0.05) is 81.4 Å². The minimum absolute atomic E-state index is 0.107. The molecule has 47 heavy (non-hydrogen) atoms. The third-order valence-electron chi connectivity index (χ3n) is 7.56. The second-order valence-corrected chi connectivity index (χ2v) is 14.0. The molecule has 0 aliphatic heterocycles. The highest BCUT2D eigenvalue weighted by molar-refractivity contribution is 5.86. The Morgan fingerprint density at radius 3 is 2.00 bits per heavy atom. The summed E-state index contributed by atoms with van der Waals surface area (Å²) in [5.74, 6) is -0.416. The Bertz CT molecular complexity index is 1450. The maximum atomic E-state index is 13.7. The summed E-state index contributed by atoms with van der Waals surface area (Å²) in [5, 5.41) is 20.2. The van der Waals surface area contributed by atoms with Crippen molar-refractivity contribution in [2.45, 2.75) is 97.6 Å². The van der Waals surface area contributed by atoms with Gasteiger partial charge in [0.1, 0.15) is 11.6 Å². The van der Waals surface area contributed by atoms with Gasteiger partial charge in [-0.25, -0.2) is 9.59 Å². The number of aliphatic hydroxyl groups is 1. The van der Waals surface area contributed by atoms with E-state index in [1.807, 2.05) is 101 Å². The van der Waals surface area contributed by atoms with E-state index in [0.717, 1.165) is 27.9 Å². The third kappa shape index (κ3) is 12.4. The predicted octanol–water partition coefficient (Wildman–Crippen LogP) is 5.74. The molecule has 0 fully saturated rings. The van der Waals surface area contributed by atoms with Gasteiger partial charge in [0.2, 0.25) is 5.91 Å². The van der Waals surface area contributed by atoms with Crippen molar-refractivity contribution in [3.05, 3.63) is 89.6 Å². The number of nitrogens with one attached hydrogen (secondary N) is 3. The molecule has 2 aromatic carbocycles. The summed E-state index contributed by atoms with van der Waals surface area (Å²) in [6.45, 7) is 12.8. The van der Waals surface area contributed by atoms with Crippen LogP contribution < -0.4 is 16.0 Å². The molecule has 0 unspecified atom stereocenters. The topological polar surface area (TPSA) is 139 Å². The number of carbonyl (C=O) groups excluding carboxylic acids is 3. The third-order valence-corrected chi connectivity index (χ3v) is 7.56. The molecule has 3 aromatic rings. The number of rotatable bonds is 12. The van der Waals surface area contributed by atoms with Crippen molar-refractivity contribution in [3.63, 3.8) is 0 Å². The van der Waals surface area contributed by atoms with Gasteiger partial charge in [-0.05, 0) is 75.1 Å². The zero-order valence-electron chi connectivity index (χ0n) is 28.8. The van der Waals surface area contributed by atoms with Crippen molar-refractivity contribution in [2.75, 3.05) is 7.11 Å². The number of aliphatic hydroxyl groups excluding tert-OH is 1. The average Bonchev–Trinajstić information content (AvgIpc) is 2.99. The largest absolute Gasteiger partial charge is 0.453 e. The van der Waals surface area contributed by atoms with Gasteiger partial charge < -0.3 is 30.5 Å². The van der Waals surface area contributed by atoms with Crippen molar-refractivity contribution in [3.8, 4) is 11.3 Å². The molecule has 0 aliphatic rings.